The standard InChI is InChI=1S/C24H21Cl3F2N4O2S/c1-35-20-7-5-16(26)9-21(20)36-32-24(34)30-11-19(29)22-18(28)6-3-13-10-31-33(23(13)22)12-14-2-4-15(25)8-17(14)27/h2,4-5,7-10,18H,3,6,11-12H2,1H3,(H2,30,32,34)/b22-19-. The molecule has 190 valence electrons. The molecule has 0 saturated heterocycles. The van der Waals surface area contributed by atoms with Crippen molar-refractivity contribution in [3.05, 3.63) is 80.3 Å². The number of alkyl halides is 1. The summed E-state index contributed by atoms with van der Waals surface area (Å²) >= 11 is 19.2. The number of hydrogen-bond acceptors (Lipinski definition) is 4. The summed E-state index contributed by atoms with van der Waals surface area (Å²) in [6, 6.07) is 9.31. The number of urea groups is 1. The van der Waals surface area contributed by atoms with Gasteiger partial charge in [-0.1, -0.05) is 40.9 Å². The Morgan fingerprint density at radius 3 is 2.72 bits per heavy atom. The minimum atomic E-state index is -1.54. The van der Waals surface area contributed by atoms with Gasteiger partial charge in [0.25, 0.3) is 0 Å². The molecule has 2 N–H and O–H groups in total. The van der Waals surface area contributed by atoms with E-state index < -0.39 is 24.6 Å². The molecule has 1 heterocycles. The van der Waals surface area contributed by atoms with Gasteiger partial charge in [0, 0.05) is 20.6 Å². The number of nitrogens with one attached hydrogen (secondary N) is 2. The number of allylic oxidation sites excluding steroid dienone is 1. The van der Waals surface area contributed by atoms with Gasteiger partial charge in [0.2, 0.25) is 0 Å². The van der Waals surface area contributed by atoms with E-state index >= 15 is 4.39 Å². The van der Waals surface area contributed by atoms with Crippen LogP contribution in [0.15, 0.2) is 53.3 Å². The van der Waals surface area contributed by atoms with E-state index in [1.165, 1.54) is 11.8 Å². The van der Waals surface area contributed by atoms with E-state index in [0.29, 0.717) is 43.4 Å². The number of hydrogen-bond donors (Lipinski definition) is 2. The Morgan fingerprint density at radius 1 is 1.22 bits per heavy atom. The van der Waals surface area contributed by atoms with Gasteiger partial charge in [-0.15, -0.1) is 0 Å². The van der Waals surface area contributed by atoms with Crippen LogP contribution in [0.1, 0.15) is 23.2 Å². The van der Waals surface area contributed by atoms with E-state index in [2.05, 4.69) is 15.1 Å². The molecule has 1 aromatic heterocycles. The minimum absolute atomic E-state index is 0.122. The fourth-order valence-corrected chi connectivity index (χ4v) is 5.26. The summed E-state index contributed by atoms with van der Waals surface area (Å²) in [5.41, 5.74) is 1.67. The molecule has 3 aromatic rings. The second kappa shape index (κ2) is 11.7. The Hall–Kier alpha value is -2.46. The molecule has 2 aromatic carbocycles. The summed E-state index contributed by atoms with van der Waals surface area (Å²) in [5.74, 6) is -0.269. The number of rotatable bonds is 7. The van der Waals surface area contributed by atoms with Gasteiger partial charge in [0.15, 0.2) is 0 Å². The van der Waals surface area contributed by atoms with Crippen molar-refractivity contribution in [1.82, 2.24) is 19.8 Å². The molecule has 12 heteroatoms. The molecule has 0 aliphatic heterocycles. The van der Waals surface area contributed by atoms with Crippen LogP contribution in [0.4, 0.5) is 13.6 Å². The molecule has 2 amide bonds. The van der Waals surface area contributed by atoms with Crippen molar-refractivity contribution in [2.75, 3.05) is 13.7 Å². The minimum Gasteiger partial charge on any atom is -0.496 e. The molecule has 1 atom stereocenters. The maximum absolute atomic E-state index is 15.3. The zero-order valence-electron chi connectivity index (χ0n) is 19.0. The number of benzene rings is 2. The van der Waals surface area contributed by atoms with Gasteiger partial charge in [-0.05, 0) is 66.2 Å². The van der Waals surface area contributed by atoms with Gasteiger partial charge >= 0.3 is 6.03 Å². The fourth-order valence-electron chi connectivity index (χ4n) is 3.84. The maximum atomic E-state index is 15.3. The highest BCUT2D eigenvalue weighted by Gasteiger charge is 2.31. The number of halogens is 5. The van der Waals surface area contributed by atoms with Crippen LogP contribution in [0, 0.1) is 0 Å². The van der Waals surface area contributed by atoms with Crippen molar-refractivity contribution in [2.45, 2.75) is 30.5 Å². The van der Waals surface area contributed by atoms with Gasteiger partial charge in [-0.2, -0.15) is 5.10 Å². The monoisotopic (exact) mass is 572 g/mol. The van der Waals surface area contributed by atoms with Crippen LogP contribution in [0.5, 0.6) is 5.75 Å². The first-order valence-electron chi connectivity index (χ1n) is 10.8. The second-order valence-corrected chi connectivity index (χ2v) is 10.0. The second-order valence-electron chi connectivity index (χ2n) is 7.92. The van der Waals surface area contributed by atoms with E-state index in [-0.39, 0.29) is 18.5 Å². The lowest BCUT2D eigenvalue weighted by molar-refractivity contribution is 0.246. The zero-order valence-corrected chi connectivity index (χ0v) is 22.0. The molecule has 0 fully saturated rings. The summed E-state index contributed by atoms with van der Waals surface area (Å²) in [4.78, 5) is 12.9. The Morgan fingerprint density at radius 2 is 1.97 bits per heavy atom. The van der Waals surface area contributed by atoms with Crippen LogP contribution in [0.3, 0.4) is 0 Å². The van der Waals surface area contributed by atoms with Crippen molar-refractivity contribution in [3.63, 3.8) is 0 Å². The molecule has 0 saturated carbocycles. The number of ether oxygens (including phenoxy) is 1. The molecule has 6 nitrogen and oxygen atoms in total. The van der Waals surface area contributed by atoms with Gasteiger partial charge in [-0.3, -0.25) is 9.40 Å². The van der Waals surface area contributed by atoms with Crippen LogP contribution in [-0.2, 0) is 13.0 Å². The number of aromatic nitrogens is 2. The zero-order chi connectivity index (χ0) is 25.8. The van der Waals surface area contributed by atoms with Gasteiger partial charge in [0.1, 0.15) is 17.7 Å². The molecular formula is C24H21Cl3F2N4O2S. The SMILES string of the molecule is COc1ccc(Cl)cc1SNC(=O)NC/C(F)=C1/c2c(cnn2Cc2ccc(Cl)cc2Cl)CCC1F. The van der Waals surface area contributed by atoms with E-state index in [1.807, 2.05) is 0 Å². The Balaban J connectivity index is 1.49. The van der Waals surface area contributed by atoms with Crippen LogP contribution >= 0.6 is 46.8 Å². The quantitative estimate of drug-likeness (QED) is 0.303. The van der Waals surface area contributed by atoms with Crippen LogP contribution in [-0.4, -0.2) is 35.6 Å². The third kappa shape index (κ3) is 6.08. The smallest absolute Gasteiger partial charge is 0.325 e. The maximum Gasteiger partial charge on any atom is 0.325 e. The van der Waals surface area contributed by atoms with Crippen LogP contribution < -0.4 is 14.8 Å². The number of carbonyl (C=O) groups is 1. The normalized spacial score (nSPS) is 16.3. The first-order chi connectivity index (χ1) is 17.3. The molecule has 1 aliphatic rings. The van der Waals surface area contributed by atoms with Gasteiger partial charge < -0.3 is 10.1 Å². The number of methoxy groups -OCH3 is 1. The Bertz CT molecular complexity index is 1320. The molecule has 1 unspecified atom stereocenters. The van der Waals surface area contributed by atoms with Crippen molar-refractivity contribution < 1.29 is 18.3 Å². The molecule has 0 radical (unpaired) electrons. The van der Waals surface area contributed by atoms with E-state index in [9.17, 15) is 9.18 Å². The molecule has 0 bridgehead atoms. The summed E-state index contributed by atoms with van der Waals surface area (Å²) in [7, 11) is 1.49. The number of carbonyl (C=O) groups excluding carboxylic acids is 1. The lowest BCUT2D eigenvalue weighted by atomic mass is 9.90. The molecule has 4 rings (SSSR count). The summed E-state index contributed by atoms with van der Waals surface area (Å²) in [6.45, 7) is -0.290. The van der Waals surface area contributed by atoms with Gasteiger partial charge in [-0.25, -0.2) is 13.6 Å². The predicted molar refractivity (Wildman–Crippen MR) is 139 cm³/mol. The van der Waals surface area contributed by atoms with Gasteiger partial charge in [0.05, 0.1) is 37.0 Å². The molecule has 36 heavy (non-hydrogen) atoms. The third-order valence-corrected chi connectivity index (χ3v) is 7.21. The van der Waals surface area contributed by atoms with E-state index in [1.54, 1.807) is 42.6 Å². The number of nitrogens with zero attached hydrogens (tertiary/aromatic N) is 2. The van der Waals surface area contributed by atoms with Crippen molar-refractivity contribution in [1.29, 1.82) is 0 Å². The molecule has 0 spiro atoms. The van der Waals surface area contributed by atoms with Crippen LogP contribution in [0.2, 0.25) is 15.1 Å². The Kier molecular flexibility index (Phi) is 8.66. The average Bonchev–Trinajstić information content (AvgIpc) is 3.25. The first-order valence-corrected chi connectivity index (χ1v) is 12.8. The number of amides is 2. The fraction of sp³-hybridized carbons (Fsp3) is 0.250. The third-order valence-electron chi connectivity index (χ3n) is 5.56. The highest BCUT2D eigenvalue weighted by molar-refractivity contribution is 7.98. The first kappa shape index (κ1) is 26.6. The lowest BCUT2D eigenvalue weighted by Gasteiger charge is -2.22. The topological polar surface area (TPSA) is 68.2 Å². The van der Waals surface area contributed by atoms with E-state index in [4.69, 9.17) is 39.5 Å². The molecular weight excluding hydrogens is 553 g/mol. The average molecular weight is 574 g/mol. The van der Waals surface area contributed by atoms with Crippen molar-refractivity contribution >= 4 is 58.4 Å². The largest absolute Gasteiger partial charge is 0.496 e. The number of aryl methyl sites for hydroxylation is 1. The summed E-state index contributed by atoms with van der Waals surface area (Å²) < 4.78 is 39.6. The highest BCUT2D eigenvalue weighted by Crippen LogP contribution is 2.36. The number of fused-ring (bicyclic) bond motifs is 1. The summed E-state index contributed by atoms with van der Waals surface area (Å²) in [5, 5.41) is 8.14. The van der Waals surface area contributed by atoms with Crippen molar-refractivity contribution in [3.8, 4) is 5.75 Å². The lowest BCUT2D eigenvalue weighted by Crippen LogP contribution is -2.33. The van der Waals surface area contributed by atoms with Crippen LogP contribution in [0.25, 0.3) is 5.57 Å². The molecule has 1 aliphatic carbocycles. The summed E-state index contributed by atoms with van der Waals surface area (Å²) in [6.07, 6.45) is 0.615. The Labute approximate surface area is 226 Å². The highest BCUT2D eigenvalue weighted by atomic mass is 35.5. The van der Waals surface area contributed by atoms with Crippen molar-refractivity contribution in [2.24, 2.45) is 0 Å². The van der Waals surface area contributed by atoms with E-state index in [0.717, 1.165) is 17.5 Å². The predicted octanol–water partition coefficient (Wildman–Crippen LogP) is 6.87.